The predicted molar refractivity (Wildman–Crippen MR) is 89.7 cm³/mol. The minimum Gasteiger partial charge on any atom is -0.393 e. The van der Waals surface area contributed by atoms with Gasteiger partial charge in [-0.05, 0) is 31.0 Å². The zero-order valence-corrected chi connectivity index (χ0v) is 13.5. The minimum absolute atomic E-state index is 0.320. The molecular weight excluding hydrogens is 349 g/mol. The Morgan fingerprint density at radius 3 is 2.64 bits per heavy atom. The summed E-state index contributed by atoms with van der Waals surface area (Å²) >= 11 is 3.23. The van der Waals surface area contributed by atoms with E-state index < -0.39 is 0 Å². The highest BCUT2D eigenvalue weighted by Gasteiger charge is 2.18. The van der Waals surface area contributed by atoms with Crippen LogP contribution in [-0.4, -0.2) is 16.0 Å². The molecule has 1 aromatic carbocycles. The van der Waals surface area contributed by atoms with E-state index in [-0.39, 0.29) is 5.82 Å². The third-order valence-corrected chi connectivity index (χ3v) is 4.26. The van der Waals surface area contributed by atoms with Crippen molar-refractivity contribution in [3.8, 4) is 0 Å². The van der Waals surface area contributed by atoms with Gasteiger partial charge < -0.3 is 16.4 Å². The molecule has 3 rings (SSSR count). The van der Waals surface area contributed by atoms with Crippen molar-refractivity contribution in [2.45, 2.75) is 31.7 Å². The van der Waals surface area contributed by atoms with Crippen molar-refractivity contribution in [2.24, 2.45) is 0 Å². The van der Waals surface area contributed by atoms with Crippen molar-refractivity contribution in [3.05, 3.63) is 34.8 Å². The first-order valence-electron chi connectivity index (χ1n) is 7.22. The van der Waals surface area contributed by atoms with Crippen molar-refractivity contribution in [3.63, 3.8) is 0 Å². The number of anilines is 4. The molecule has 0 radical (unpaired) electrons. The average molecular weight is 366 g/mol. The van der Waals surface area contributed by atoms with Gasteiger partial charge >= 0.3 is 0 Å². The number of nitrogens with two attached hydrogens (primary N) is 1. The average Bonchev–Trinajstić information content (AvgIpc) is 2.99. The van der Waals surface area contributed by atoms with Gasteiger partial charge in [0.2, 0.25) is 0 Å². The highest BCUT2D eigenvalue weighted by Crippen LogP contribution is 2.30. The molecule has 0 atom stereocenters. The maximum Gasteiger partial charge on any atom is 0.159 e. The van der Waals surface area contributed by atoms with E-state index in [1.165, 1.54) is 25.2 Å². The van der Waals surface area contributed by atoms with Gasteiger partial charge in [-0.15, -0.1) is 0 Å². The Kier molecular flexibility index (Phi) is 4.42. The number of nitrogens with one attached hydrogen (secondary N) is 2. The van der Waals surface area contributed by atoms with Crippen LogP contribution in [0, 0.1) is 5.82 Å². The number of halogens is 2. The highest BCUT2D eigenvalue weighted by molar-refractivity contribution is 9.10. The first kappa shape index (κ1) is 15.0. The topological polar surface area (TPSA) is 75.9 Å². The molecule has 1 aromatic heterocycles. The molecule has 1 aliphatic rings. The molecule has 5 nitrogen and oxygen atoms in total. The fourth-order valence-corrected chi connectivity index (χ4v) is 2.93. The van der Waals surface area contributed by atoms with Gasteiger partial charge in [-0.3, -0.25) is 0 Å². The third-order valence-electron chi connectivity index (χ3n) is 3.76. The van der Waals surface area contributed by atoms with Crippen LogP contribution >= 0.6 is 15.9 Å². The first-order chi connectivity index (χ1) is 10.6. The summed E-state index contributed by atoms with van der Waals surface area (Å²) in [5, 5.41) is 6.26. The molecular formula is C15H17BrFN5. The van der Waals surface area contributed by atoms with Gasteiger partial charge in [-0.1, -0.05) is 28.8 Å². The number of rotatable bonds is 4. The molecule has 0 spiro atoms. The Morgan fingerprint density at radius 2 is 1.91 bits per heavy atom. The van der Waals surface area contributed by atoms with Crippen LogP contribution in [0.5, 0.6) is 0 Å². The monoisotopic (exact) mass is 365 g/mol. The lowest BCUT2D eigenvalue weighted by molar-refractivity contribution is 0.631. The second kappa shape index (κ2) is 6.48. The number of aromatic nitrogens is 2. The number of nitrogens with zero attached hydrogens (tertiary/aromatic N) is 2. The number of hydrogen-bond acceptors (Lipinski definition) is 5. The summed E-state index contributed by atoms with van der Waals surface area (Å²) in [5.74, 6) is 0.622. The summed E-state index contributed by atoms with van der Waals surface area (Å²) in [6.45, 7) is 0. The van der Waals surface area contributed by atoms with Crippen LogP contribution in [-0.2, 0) is 0 Å². The van der Waals surface area contributed by atoms with E-state index in [4.69, 9.17) is 5.73 Å². The molecule has 2 aromatic rings. The second-order valence-electron chi connectivity index (χ2n) is 5.36. The lowest BCUT2D eigenvalue weighted by atomic mass is 10.2. The molecule has 0 aliphatic heterocycles. The fourth-order valence-electron chi connectivity index (χ4n) is 2.59. The van der Waals surface area contributed by atoms with E-state index in [1.807, 2.05) is 0 Å². The van der Waals surface area contributed by atoms with Crippen LogP contribution < -0.4 is 16.4 Å². The summed E-state index contributed by atoms with van der Waals surface area (Å²) in [5.41, 5.74) is 6.83. The molecule has 0 amide bonds. The number of nitrogen functional groups attached to an aromatic ring is 1. The summed E-state index contributed by atoms with van der Waals surface area (Å²) in [6.07, 6.45) is 6.10. The molecule has 1 aliphatic carbocycles. The van der Waals surface area contributed by atoms with E-state index in [0.717, 1.165) is 12.8 Å². The lowest BCUT2D eigenvalue weighted by Gasteiger charge is -2.16. The Bertz CT molecular complexity index is 673. The summed E-state index contributed by atoms with van der Waals surface area (Å²) in [4.78, 5) is 8.30. The molecule has 4 N–H and O–H groups in total. The van der Waals surface area contributed by atoms with Crippen LogP contribution in [0.1, 0.15) is 25.7 Å². The van der Waals surface area contributed by atoms with Crippen LogP contribution in [0.15, 0.2) is 29.0 Å². The molecule has 0 saturated heterocycles. The van der Waals surface area contributed by atoms with Crippen molar-refractivity contribution in [1.82, 2.24) is 9.97 Å². The molecule has 0 unspecified atom stereocenters. The first-order valence-corrected chi connectivity index (χ1v) is 8.02. The SMILES string of the molecule is Nc1c(Nc2ccc(Br)cc2F)ncnc1NC1CCCC1. The van der Waals surface area contributed by atoms with Crippen molar-refractivity contribution < 1.29 is 4.39 Å². The van der Waals surface area contributed by atoms with Crippen molar-refractivity contribution in [2.75, 3.05) is 16.4 Å². The zero-order valence-electron chi connectivity index (χ0n) is 11.9. The van der Waals surface area contributed by atoms with E-state index in [1.54, 1.807) is 12.1 Å². The maximum absolute atomic E-state index is 13.9. The normalized spacial score (nSPS) is 15.0. The van der Waals surface area contributed by atoms with Crippen LogP contribution in [0.2, 0.25) is 0 Å². The van der Waals surface area contributed by atoms with Crippen molar-refractivity contribution in [1.29, 1.82) is 0 Å². The van der Waals surface area contributed by atoms with Gasteiger partial charge in [0.25, 0.3) is 0 Å². The maximum atomic E-state index is 13.9. The Morgan fingerprint density at radius 1 is 1.18 bits per heavy atom. The van der Waals surface area contributed by atoms with Gasteiger partial charge in [0.15, 0.2) is 11.6 Å². The van der Waals surface area contributed by atoms with E-state index in [0.29, 0.717) is 33.5 Å². The minimum atomic E-state index is -0.377. The lowest BCUT2D eigenvalue weighted by Crippen LogP contribution is -2.17. The van der Waals surface area contributed by atoms with Crippen LogP contribution in [0.3, 0.4) is 0 Å². The van der Waals surface area contributed by atoms with Crippen LogP contribution in [0.25, 0.3) is 0 Å². The fraction of sp³-hybridized carbons (Fsp3) is 0.333. The zero-order chi connectivity index (χ0) is 15.5. The van der Waals surface area contributed by atoms with E-state index in [9.17, 15) is 4.39 Å². The van der Waals surface area contributed by atoms with Gasteiger partial charge in [0.05, 0.1) is 5.69 Å². The molecule has 1 saturated carbocycles. The predicted octanol–water partition coefficient (Wildman–Crippen LogP) is 4.06. The standard InChI is InChI=1S/C15H17BrFN5/c16-9-5-6-12(11(17)7-9)22-15-13(18)14(19-8-20-15)21-10-3-1-2-4-10/h5-8,10H,1-4,18H2,(H2,19,20,21,22). The highest BCUT2D eigenvalue weighted by atomic mass is 79.9. The Balaban J connectivity index is 1.81. The molecule has 22 heavy (non-hydrogen) atoms. The second-order valence-corrected chi connectivity index (χ2v) is 6.28. The van der Waals surface area contributed by atoms with Gasteiger partial charge in [0, 0.05) is 10.5 Å². The summed E-state index contributed by atoms with van der Waals surface area (Å²) in [7, 11) is 0. The van der Waals surface area contributed by atoms with Gasteiger partial charge in [0.1, 0.15) is 17.8 Å². The molecule has 1 heterocycles. The molecule has 1 fully saturated rings. The molecule has 7 heteroatoms. The Hall–Kier alpha value is -1.89. The Labute approximate surface area is 136 Å². The van der Waals surface area contributed by atoms with Gasteiger partial charge in [-0.25, -0.2) is 14.4 Å². The molecule has 116 valence electrons. The molecule has 0 bridgehead atoms. The van der Waals surface area contributed by atoms with Gasteiger partial charge in [-0.2, -0.15) is 0 Å². The van der Waals surface area contributed by atoms with Crippen molar-refractivity contribution >= 4 is 38.9 Å². The smallest absolute Gasteiger partial charge is 0.159 e. The summed E-state index contributed by atoms with van der Waals surface area (Å²) < 4.78 is 14.6. The third kappa shape index (κ3) is 3.30. The summed E-state index contributed by atoms with van der Waals surface area (Å²) in [6, 6.07) is 5.16. The van der Waals surface area contributed by atoms with Crippen LogP contribution in [0.4, 0.5) is 27.4 Å². The number of hydrogen-bond donors (Lipinski definition) is 3. The number of benzene rings is 1. The largest absolute Gasteiger partial charge is 0.393 e. The van der Waals surface area contributed by atoms with E-state index >= 15 is 0 Å². The quantitative estimate of drug-likeness (QED) is 0.761. The van der Waals surface area contributed by atoms with E-state index in [2.05, 4.69) is 36.5 Å².